The van der Waals surface area contributed by atoms with Gasteiger partial charge in [0.05, 0.1) is 12.3 Å². The molecule has 2 aromatic rings. The van der Waals surface area contributed by atoms with Gasteiger partial charge in [0.2, 0.25) is 0 Å². The highest BCUT2D eigenvalue weighted by molar-refractivity contribution is 5.44. The van der Waals surface area contributed by atoms with Crippen LogP contribution in [0.3, 0.4) is 0 Å². The van der Waals surface area contributed by atoms with Gasteiger partial charge in [-0.3, -0.25) is 0 Å². The van der Waals surface area contributed by atoms with Crippen LogP contribution in [0.4, 0.5) is 10.1 Å². The van der Waals surface area contributed by atoms with Crippen molar-refractivity contribution in [1.82, 2.24) is 0 Å². The molecule has 0 amide bonds. The number of hydrogen-bond donors (Lipinski definition) is 1. The van der Waals surface area contributed by atoms with E-state index >= 15 is 0 Å². The maximum atomic E-state index is 12.8. The van der Waals surface area contributed by atoms with Crippen molar-refractivity contribution in [1.29, 1.82) is 0 Å². The number of nitrogens with one attached hydrogen (secondary N) is 1. The van der Waals surface area contributed by atoms with Crippen LogP contribution < -0.4 is 5.32 Å². The zero-order valence-corrected chi connectivity index (χ0v) is 9.40. The Labute approximate surface area is 99.8 Å². The Kier molecular flexibility index (Phi) is 3.60. The monoisotopic (exact) mass is 231 g/mol. The van der Waals surface area contributed by atoms with Crippen LogP contribution in [0.25, 0.3) is 0 Å². The van der Waals surface area contributed by atoms with Crippen LogP contribution in [-0.4, -0.2) is 0 Å². The second-order valence-corrected chi connectivity index (χ2v) is 3.74. The Bertz CT molecular complexity index is 461. The minimum absolute atomic E-state index is 0.0213. The summed E-state index contributed by atoms with van der Waals surface area (Å²) in [7, 11) is 0. The van der Waals surface area contributed by atoms with Gasteiger partial charge in [-0.25, -0.2) is 4.39 Å². The first-order valence-corrected chi connectivity index (χ1v) is 5.46. The van der Waals surface area contributed by atoms with Gasteiger partial charge in [0, 0.05) is 5.69 Å². The van der Waals surface area contributed by atoms with Crippen LogP contribution >= 0.6 is 0 Å². The van der Waals surface area contributed by atoms with E-state index in [1.54, 1.807) is 18.4 Å². The molecule has 3 heteroatoms. The van der Waals surface area contributed by atoms with E-state index in [1.165, 1.54) is 12.1 Å². The maximum Gasteiger partial charge on any atom is 0.126 e. The Morgan fingerprint density at radius 2 is 2.06 bits per heavy atom. The van der Waals surface area contributed by atoms with Crippen molar-refractivity contribution in [2.75, 3.05) is 5.32 Å². The molecule has 1 aromatic carbocycles. The lowest BCUT2D eigenvalue weighted by Gasteiger charge is -2.16. The van der Waals surface area contributed by atoms with Gasteiger partial charge < -0.3 is 9.73 Å². The molecule has 0 saturated heterocycles. The highest BCUT2D eigenvalue weighted by Gasteiger charge is 2.12. The quantitative estimate of drug-likeness (QED) is 0.782. The highest BCUT2D eigenvalue weighted by Crippen LogP contribution is 2.23. The van der Waals surface area contributed by atoms with E-state index in [0.717, 1.165) is 17.9 Å². The number of benzene rings is 1. The summed E-state index contributed by atoms with van der Waals surface area (Å²) < 4.78 is 18.1. The largest absolute Gasteiger partial charge is 0.467 e. The maximum absolute atomic E-state index is 12.8. The highest BCUT2D eigenvalue weighted by atomic mass is 19.1. The zero-order valence-electron chi connectivity index (χ0n) is 9.40. The van der Waals surface area contributed by atoms with Crippen molar-refractivity contribution in [3.05, 3.63) is 66.9 Å². The van der Waals surface area contributed by atoms with Gasteiger partial charge in [-0.15, -0.1) is 6.58 Å². The van der Waals surface area contributed by atoms with E-state index in [0.29, 0.717) is 0 Å². The lowest BCUT2D eigenvalue weighted by molar-refractivity contribution is 0.480. The van der Waals surface area contributed by atoms with Crippen molar-refractivity contribution in [3.8, 4) is 0 Å². The van der Waals surface area contributed by atoms with E-state index in [2.05, 4.69) is 11.9 Å². The summed E-state index contributed by atoms with van der Waals surface area (Å²) in [4.78, 5) is 0. The summed E-state index contributed by atoms with van der Waals surface area (Å²) >= 11 is 0. The third kappa shape index (κ3) is 2.97. The van der Waals surface area contributed by atoms with Crippen LogP contribution in [0.15, 0.2) is 59.7 Å². The SMILES string of the molecule is C=CCC(Nc1ccc(F)cc1)c1ccco1. The van der Waals surface area contributed by atoms with E-state index in [1.807, 2.05) is 18.2 Å². The normalized spacial score (nSPS) is 12.1. The fourth-order valence-electron chi connectivity index (χ4n) is 1.65. The Morgan fingerprint density at radius 3 is 2.65 bits per heavy atom. The molecule has 1 atom stereocenters. The topological polar surface area (TPSA) is 25.2 Å². The molecule has 0 aliphatic carbocycles. The van der Waals surface area contributed by atoms with Crippen LogP contribution in [0.2, 0.25) is 0 Å². The minimum Gasteiger partial charge on any atom is -0.467 e. The molecular weight excluding hydrogens is 217 g/mol. The molecule has 0 radical (unpaired) electrons. The molecule has 0 fully saturated rings. The fourth-order valence-corrected chi connectivity index (χ4v) is 1.65. The van der Waals surface area contributed by atoms with Crippen molar-refractivity contribution in [2.45, 2.75) is 12.5 Å². The number of rotatable bonds is 5. The molecule has 1 unspecified atom stereocenters. The molecule has 1 N–H and O–H groups in total. The van der Waals surface area contributed by atoms with Gasteiger partial charge in [-0.1, -0.05) is 6.08 Å². The summed E-state index contributed by atoms with van der Waals surface area (Å²) in [6.45, 7) is 3.72. The first-order chi connectivity index (χ1) is 8.29. The summed E-state index contributed by atoms with van der Waals surface area (Å²) in [5, 5.41) is 3.28. The van der Waals surface area contributed by atoms with Crippen molar-refractivity contribution < 1.29 is 8.81 Å². The summed E-state index contributed by atoms with van der Waals surface area (Å²) in [6.07, 6.45) is 4.20. The van der Waals surface area contributed by atoms with E-state index < -0.39 is 0 Å². The smallest absolute Gasteiger partial charge is 0.126 e. The lowest BCUT2D eigenvalue weighted by Crippen LogP contribution is -2.08. The Balaban J connectivity index is 2.13. The standard InChI is InChI=1S/C14H14FNO/c1-2-4-13(14-5-3-10-17-14)16-12-8-6-11(15)7-9-12/h2-3,5-10,13,16H,1,4H2. The van der Waals surface area contributed by atoms with Gasteiger partial charge in [0.15, 0.2) is 0 Å². The second kappa shape index (κ2) is 5.34. The van der Waals surface area contributed by atoms with Crippen LogP contribution in [0, 0.1) is 5.82 Å². The summed E-state index contributed by atoms with van der Waals surface area (Å²) in [5.74, 6) is 0.600. The number of furan rings is 1. The molecule has 88 valence electrons. The van der Waals surface area contributed by atoms with Gasteiger partial charge in [-0.2, -0.15) is 0 Å². The average Bonchev–Trinajstić information content (AvgIpc) is 2.85. The van der Waals surface area contributed by atoms with Gasteiger partial charge in [0.25, 0.3) is 0 Å². The minimum atomic E-state index is -0.242. The molecule has 0 bridgehead atoms. The van der Waals surface area contributed by atoms with E-state index in [4.69, 9.17) is 4.42 Å². The van der Waals surface area contributed by atoms with Gasteiger partial charge in [-0.05, 0) is 42.8 Å². The van der Waals surface area contributed by atoms with Crippen LogP contribution in [0.1, 0.15) is 18.2 Å². The second-order valence-electron chi connectivity index (χ2n) is 3.74. The molecule has 2 rings (SSSR count). The Hall–Kier alpha value is -2.03. The summed E-state index contributed by atoms with van der Waals surface area (Å²) in [5.41, 5.74) is 0.856. The van der Waals surface area contributed by atoms with E-state index in [-0.39, 0.29) is 11.9 Å². The molecule has 0 aliphatic rings. The third-order valence-electron chi connectivity index (χ3n) is 2.47. The lowest BCUT2D eigenvalue weighted by atomic mass is 10.1. The zero-order chi connectivity index (χ0) is 12.1. The molecule has 0 aliphatic heterocycles. The fraction of sp³-hybridized carbons (Fsp3) is 0.143. The molecule has 0 spiro atoms. The first kappa shape index (κ1) is 11.5. The predicted molar refractivity (Wildman–Crippen MR) is 66.3 cm³/mol. The number of hydrogen-bond acceptors (Lipinski definition) is 2. The first-order valence-electron chi connectivity index (χ1n) is 5.46. The van der Waals surface area contributed by atoms with Gasteiger partial charge in [0.1, 0.15) is 11.6 Å². The molecule has 17 heavy (non-hydrogen) atoms. The van der Waals surface area contributed by atoms with Crippen molar-refractivity contribution >= 4 is 5.69 Å². The molecule has 1 heterocycles. The van der Waals surface area contributed by atoms with Gasteiger partial charge >= 0.3 is 0 Å². The number of halogens is 1. The average molecular weight is 231 g/mol. The van der Waals surface area contributed by atoms with Crippen molar-refractivity contribution in [2.24, 2.45) is 0 Å². The molecule has 2 nitrogen and oxygen atoms in total. The predicted octanol–water partition coefficient (Wildman–Crippen LogP) is 4.15. The Morgan fingerprint density at radius 1 is 1.29 bits per heavy atom. The molecule has 0 saturated carbocycles. The third-order valence-corrected chi connectivity index (χ3v) is 2.47. The van der Waals surface area contributed by atoms with Crippen LogP contribution in [0.5, 0.6) is 0 Å². The van der Waals surface area contributed by atoms with Crippen LogP contribution in [-0.2, 0) is 0 Å². The number of anilines is 1. The molecular formula is C14H14FNO. The van der Waals surface area contributed by atoms with Crippen molar-refractivity contribution in [3.63, 3.8) is 0 Å². The molecule has 1 aromatic heterocycles. The summed E-state index contributed by atoms with van der Waals surface area (Å²) in [6, 6.07) is 10.0. The van der Waals surface area contributed by atoms with E-state index in [9.17, 15) is 4.39 Å².